The fourth-order valence-electron chi connectivity index (χ4n) is 0.455. The normalized spacial score (nSPS) is 9.00. The van der Waals surface area contributed by atoms with Crippen molar-refractivity contribution in [3.05, 3.63) is 29.8 Å². The predicted octanol–water partition coefficient (Wildman–Crippen LogP) is 1.77. The Hall–Kier alpha value is -0.890. The van der Waals surface area contributed by atoms with Gasteiger partial charge in [-0.15, -0.1) is 0 Å². The lowest BCUT2D eigenvalue weighted by atomic mass is 10.4. The zero-order valence-electron chi connectivity index (χ0n) is 4.71. The Kier molecular flexibility index (Phi) is 1.80. The largest absolute Gasteiger partial charge is 0.259 e. The van der Waals surface area contributed by atoms with Crippen LogP contribution in [0.15, 0.2) is 19.0 Å². The summed E-state index contributed by atoms with van der Waals surface area (Å²) in [4.78, 5) is 7.67. The number of aromatic nitrogens is 2. The van der Waals surface area contributed by atoms with E-state index in [2.05, 4.69) is 16.5 Å². The van der Waals surface area contributed by atoms with Crippen molar-refractivity contribution in [3.63, 3.8) is 0 Å². The molecule has 0 aliphatic heterocycles. The van der Waals surface area contributed by atoms with E-state index < -0.39 is 0 Å². The number of hydrogen-bond donors (Lipinski definition) is 0. The van der Waals surface area contributed by atoms with Gasteiger partial charge in [0, 0.05) is 0 Å². The molecule has 0 N–H and O–H groups in total. The molecule has 0 aromatic carbocycles. The highest BCUT2D eigenvalue weighted by Crippen LogP contribution is 2.02. The van der Waals surface area contributed by atoms with E-state index in [1.807, 2.05) is 0 Å². The number of nitrogens with zero attached hydrogens (tertiary/aromatic N) is 2. The second kappa shape index (κ2) is 2.60. The first-order valence-corrected chi connectivity index (χ1v) is 2.80. The molecule has 0 amide bonds. The van der Waals surface area contributed by atoms with Crippen LogP contribution in [0.1, 0.15) is 5.69 Å². The first-order chi connectivity index (χ1) is 4.33. The van der Waals surface area contributed by atoms with Gasteiger partial charge in [-0.3, -0.25) is 4.98 Å². The molecule has 1 heterocycles. The fourth-order valence-corrected chi connectivity index (χ4v) is 0.608. The smallest absolute Gasteiger partial charge is 0.148 e. The summed E-state index contributed by atoms with van der Waals surface area (Å²) in [7, 11) is 0. The lowest BCUT2D eigenvalue weighted by Crippen LogP contribution is -1.81. The van der Waals surface area contributed by atoms with Crippen molar-refractivity contribution >= 4 is 17.7 Å². The van der Waals surface area contributed by atoms with Crippen molar-refractivity contribution in [2.75, 3.05) is 0 Å². The van der Waals surface area contributed by atoms with Gasteiger partial charge >= 0.3 is 0 Å². The second-order valence-electron chi connectivity index (χ2n) is 1.47. The Morgan fingerprint density at radius 3 is 2.78 bits per heavy atom. The van der Waals surface area contributed by atoms with E-state index in [-0.39, 0.29) is 0 Å². The lowest BCUT2D eigenvalue weighted by Gasteiger charge is -1.88. The summed E-state index contributed by atoms with van der Waals surface area (Å²) < 4.78 is 0. The van der Waals surface area contributed by atoms with Gasteiger partial charge < -0.3 is 0 Å². The van der Waals surface area contributed by atoms with Crippen molar-refractivity contribution in [3.8, 4) is 0 Å². The van der Waals surface area contributed by atoms with E-state index in [1.54, 1.807) is 12.3 Å². The fraction of sp³-hybridized carbons (Fsp3) is 0. The molecule has 0 atom stereocenters. The van der Waals surface area contributed by atoms with E-state index in [1.165, 1.54) is 6.20 Å². The molecule has 2 nitrogen and oxygen atoms in total. The Morgan fingerprint density at radius 1 is 1.56 bits per heavy atom. The van der Waals surface area contributed by atoms with E-state index in [0.717, 1.165) is 0 Å². The van der Waals surface area contributed by atoms with Crippen LogP contribution >= 0.6 is 11.6 Å². The SMILES string of the molecule is C=Cc1cncc(Cl)n1. The molecule has 0 saturated carbocycles. The van der Waals surface area contributed by atoms with E-state index in [0.29, 0.717) is 10.8 Å². The molecular formula is C6H5ClN2. The number of hydrogen-bond acceptors (Lipinski definition) is 2. The van der Waals surface area contributed by atoms with Gasteiger partial charge in [-0.2, -0.15) is 0 Å². The van der Waals surface area contributed by atoms with Crippen LogP contribution in [0.2, 0.25) is 5.15 Å². The maximum absolute atomic E-state index is 5.50. The number of rotatable bonds is 1. The second-order valence-corrected chi connectivity index (χ2v) is 1.86. The van der Waals surface area contributed by atoms with Gasteiger partial charge in [0.2, 0.25) is 0 Å². The van der Waals surface area contributed by atoms with Crippen molar-refractivity contribution in [1.82, 2.24) is 9.97 Å². The average molecular weight is 141 g/mol. The van der Waals surface area contributed by atoms with Crippen molar-refractivity contribution in [2.24, 2.45) is 0 Å². The average Bonchev–Trinajstić information content (AvgIpc) is 1.88. The highest BCUT2D eigenvalue weighted by Gasteiger charge is 1.88. The molecular weight excluding hydrogens is 136 g/mol. The minimum atomic E-state index is 0.396. The quantitative estimate of drug-likeness (QED) is 0.594. The molecule has 0 aliphatic carbocycles. The topological polar surface area (TPSA) is 25.8 Å². The van der Waals surface area contributed by atoms with Crippen molar-refractivity contribution in [2.45, 2.75) is 0 Å². The van der Waals surface area contributed by atoms with Crippen LogP contribution in [0.25, 0.3) is 6.08 Å². The summed E-state index contributed by atoms with van der Waals surface area (Å²) in [6.45, 7) is 3.51. The zero-order valence-corrected chi connectivity index (χ0v) is 5.47. The Balaban J connectivity index is 3.07. The molecule has 9 heavy (non-hydrogen) atoms. The van der Waals surface area contributed by atoms with Crippen LogP contribution in [-0.2, 0) is 0 Å². The zero-order chi connectivity index (χ0) is 6.69. The van der Waals surface area contributed by atoms with Gasteiger partial charge in [-0.05, 0) is 6.08 Å². The van der Waals surface area contributed by atoms with E-state index in [9.17, 15) is 0 Å². The Labute approximate surface area is 58.2 Å². The summed E-state index contributed by atoms with van der Waals surface area (Å²) in [6.07, 6.45) is 4.67. The van der Waals surface area contributed by atoms with Gasteiger partial charge in [0.25, 0.3) is 0 Å². The summed E-state index contributed by atoms with van der Waals surface area (Å²) in [6, 6.07) is 0. The predicted molar refractivity (Wildman–Crippen MR) is 37.1 cm³/mol. The van der Waals surface area contributed by atoms with Crippen LogP contribution in [0.4, 0.5) is 0 Å². The molecule has 0 saturated heterocycles. The van der Waals surface area contributed by atoms with Crippen LogP contribution in [0.5, 0.6) is 0 Å². The van der Waals surface area contributed by atoms with Gasteiger partial charge in [-0.1, -0.05) is 18.2 Å². The van der Waals surface area contributed by atoms with Crippen molar-refractivity contribution in [1.29, 1.82) is 0 Å². The van der Waals surface area contributed by atoms with E-state index in [4.69, 9.17) is 11.6 Å². The molecule has 3 heteroatoms. The van der Waals surface area contributed by atoms with Crippen LogP contribution in [0, 0.1) is 0 Å². The monoisotopic (exact) mass is 140 g/mol. The third-order valence-electron chi connectivity index (χ3n) is 0.833. The maximum atomic E-state index is 5.50. The summed E-state index contributed by atoms with van der Waals surface area (Å²) in [5.74, 6) is 0. The summed E-state index contributed by atoms with van der Waals surface area (Å²) in [5, 5.41) is 0.396. The lowest BCUT2D eigenvalue weighted by molar-refractivity contribution is 1.18. The highest BCUT2D eigenvalue weighted by atomic mass is 35.5. The van der Waals surface area contributed by atoms with Crippen LogP contribution < -0.4 is 0 Å². The number of halogens is 1. The first-order valence-electron chi connectivity index (χ1n) is 2.43. The van der Waals surface area contributed by atoms with E-state index >= 15 is 0 Å². The van der Waals surface area contributed by atoms with Gasteiger partial charge in [0.15, 0.2) is 0 Å². The molecule has 1 rings (SSSR count). The van der Waals surface area contributed by atoms with Crippen LogP contribution in [0.3, 0.4) is 0 Å². The third-order valence-corrected chi connectivity index (χ3v) is 1.02. The molecule has 0 unspecified atom stereocenters. The molecule has 0 radical (unpaired) electrons. The molecule has 1 aromatic heterocycles. The Bertz CT molecular complexity index is 222. The van der Waals surface area contributed by atoms with Crippen molar-refractivity contribution < 1.29 is 0 Å². The third kappa shape index (κ3) is 1.50. The van der Waals surface area contributed by atoms with Gasteiger partial charge in [0.05, 0.1) is 18.1 Å². The molecule has 0 aliphatic rings. The summed E-state index contributed by atoms with van der Waals surface area (Å²) in [5.41, 5.74) is 0.697. The summed E-state index contributed by atoms with van der Waals surface area (Å²) >= 11 is 5.50. The molecule has 0 spiro atoms. The minimum absolute atomic E-state index is 0.396. The maximum Gasteiger partial charge on any atom is 0.148 e. The van der Waals surface area contributed by atoms with Gasteiger partial charge in [-0.25, -0.2) is 4.98 Å². The van der Waals surface area contributed by atoms with Crippen LogP contribution in [-0.4, -0.2) is 9.97 Å². The Morgan fingerprint density at radius 2 is 2.33 bits per heavy atom. The minimum Gasteiger partial charge on any atom is -0.259 e. The molecule has 46 valence electrons. The highest BCUT2D eigenvalue weighted by molar-refractivity contribution is 6.29. The molecule has 0 bridgehead atoms. The molecule has 1 aromatic rings. The standard InChI is InChI=1S/C6H5ClN2/c1-2-5-3-8-4-6(7)9-5/h2-4H,1H2. The first kappa shape index (κ1) is 6.23. The van der Waals surface area contributed by atoms with Gasteiger partial charge in [0.1, 0.15) is 5.15 Å². The molecule has 0 fully saturated rings.